The summed E-state index contributed by atoms with van der Waals surface area (Å²) in [5.41, 5.74) is 5.28. The summed E-state index contributed by atoms with van der Waals surface area (Å²) in [6.07, 6.45) is 9.69. The number of aromatic nitrogens is 2. The van der Waals surface area contributed by atoms with Crippen molar-refractivity contribution in [3.05, 3.63) is 41.9 Å². The number of fused-ring (bicyclic) bond motifs is 1. The second-order valence-electron chi connectivity index (χ2n) is 4.81. The number of hydrogen-bond donors (Lipinski definition) is 1. The van der Waals surface area contributed by atoms with Crippen molar-refractivity contribution in [3.8, 4) is 0 Å². The Labute approximate surface area is 126 Å². The lowest BCUT2D eigenvalue weighted by molar-refractivity contribution is 1.12. The number of nitrogens with one attached hydrogen (secondary N) is 1. The van der Waals surface area contributed by atoms with Gasteiger partial charge in [0.05, 0.1) is 23.1 Å². The molecule has 1 aliphatic rings. The van der Waals surface area contributed by atoms with E-state index in [9.17, 15) is 0 Å². The molecule has 0 saturated heterocycles. The Morgan fingerprint density at radius 1 is 1.55 bits per heavy atom. The summed E-state index contributed by atoms with van der Waals surface area (Å²) in [5.74, 6) is 0. The molecule has 4 heteroatoms. The van der Waals surface area contributed by atoms with E-state index < -0.39 is 0 Å². The van der Waals surface area contributed by atoms with Gasteiger partial charge in [-0.15, -0.1) is 0 Å². The van der Waals surface area contributed by atoms with Gasteiger partial charge in [-0.25, -0.2) is 0 Å². The van der Waals surface area contributed by atoms with E-state index in [0.717, 1.165) is 35.4 Å². The first-order chi connectivity index (χ1) is 9.72. The molecule has 102 valence electrons. The van der Waals surface area contributed by atoms with Crippen LogP contribution in [-0.4, -0.2) is 21.0 Å². The van der Waals surface area contributed by atoms with Gasteiger partial charge in [-0.1, -0.05) is 29.4 Å². The monoisotopic (exact) mass is 329 g/mol. The number of alkyl halides is 1. The lowest BCUT2D eigenvalue weighted by atomic mass is 10.1. The molecule has 1 unspecified atom stereocenters. The van der Waals surface area contributed by atoms with Crippen molar-refractivity contribution in [2.75, 3.05) is 0 Å². The van der Waals surface area contributed by atoms with Crippen LogP contribution < -0.4 is 0 Å². The maximum atomic E-state index is 4.52. The Morgan fingerprint density at radius 3 is 3.10 bits per heavy atom. The number of rotatable bonds is 3. The Kier molecular flexibility index (Phi) is 3.57. The van der Waals surface area contributed by atoms with E-state index >= 15 is 0 Å². The number of aromatic amines is 1. The molecule has 1 atom stereocenters. The molecule has 0 amide bonds. The van der Waals surface area contributed by atoms with Crippen LogP contribution in [0.5, 0.6) is 0 Å². The molecule has 20 heavy (non-hydrogen) atoms. The zero-order valence-electron chi connectivity index (χ0n) is 11.4. The van der Waals surface area contributed by atoms with Crippen molar-refractivity contribution in [2.24, 2.45) is 4.99 Å². The topological polar surface area (TPSA) is 41.0 Å². The fourth-order valence-electron chi connectivity index (χ4n) is 2.55. The predicted octanol–water partition coefficient (Wildman–Crippen LogP) is 4.35. The van der Waals surface area contributed by atoms with Gasteiger partial charge in [-0.3, -0.25) is 9.98 Å². The van der Waals surface area contributed by atoms with Crippen LogP contribution in [-0.2, 0) is 6.42 Å². The minimum absolute atomic E-state index is 0.341. The molecule has 0 spiro atoms. The van der Waals surface area contributed by atoms with Crippen LogP contribution in [0.2, 0.25) is 0 Å². The number of halogens is 1. The van der Waals surface area contributed by atoms with Gasteiger partial charge >= 0.3 is 0 Å². The zero-order chi connectivity index (χ0) is 14.1. The van der Waals surface area contributed by atoms with Gasteiger partial charge in [0, 0.05) is 22.1 Å². The summed E-state index contributed by atoms with van der Waals surface area (Å²) in [7, 11) is 0. The largest absolute Gasteiger partial charge is 0.354 e. The summed E-state index contributed by atoms with van der Waals surface area (Å²) in [4.78, 5) is 12.7. The van der Waals surface area contributed by atoms with E-state index in [-0.39, 0.29) is 0 Å². The summed E-state index contributed by atoms with van der Waals surface area (Å²) in [5, 5.41) is 1.21. The Hall–Kier alpha value is -1.68. The molecule has 3 rings (SSSR count). The molecule has 0 radical (unpaired) electrons. The minimum atomic E-state index is 0.341. The van der Waals surface area contributed by atoms with Crippen molar-refractivity contribution >= 4 is 44.8 Å². The molecule has 1 aliphatic heterocycles. The van der Waals surface area contributed by atoms with Gasteiger partial charge in [-0.2, -0.15) is 0 Å². The molecule has 3 heterocycles. The summed E-state index contributed by atoms with van der Waals surface area (Å²) >= 11 is 3.60. The smallest absolute Gasteiger partial charge is 0.0890 e. The first-order valence-electron chi connectivity index (χ1n) is 6.74. The third kappa shape index (κ3) is 2.24. The van der Waals surface area contributed by atoms with Crippen LogP contribution >= 0.6 is 15.9 Å². The molecule has 1 N–H and O–H groups in total. The van der Waals surface area contributed by atoms with Gasteiger partial charge in [0.2, 0.25) is 0 Å². The highest BCUT2D eigenvalue weighted by Crippen LogP contribution is 2.28. The zero-order valence-corrected chi connectivity index (χ0v) is 12.9. The minimum Gasteiger partial charge on any atom is -0.354 e. The van der Waals surface area contributed by atoms with Crippen molar-refractivity contribution in [1.29, 1.82) is 0 Å². The molecular formula is C16H16BrN3. The normalized spacial score (nSPS) is 18.3. The molecule has 2 aromatic heterocycles. The molecular weight excluding hydrogens is 314 g/mol. The number of H-pyrrole nitrogens is 1. The quantitative estimate of drug-likeness (QED) is 0.835. The van der Waals surface area contributed by atoms with Gasteiger partial charge < -0.3 is 4.98 Å². The third-order valence-electron chi connectivity index (χ3n) is 3.54. The van der Waals surface area contributed by atoms with Crippen molar-refractivity contribution in [2.45, 2.75) is 24.6 Å². The molecule has 0 fully saturated rings. The molecule has 3 nitrogen and oxygen atoms in total. The standard InChI is InChI=1S/C16H16BrN3/c1-3-11-12-8-15(14-7-10(17)5-6-18-14)19-9-16(12)20-13(11)4-2/h4,6-10,20H,2-3,5H2,1H3. The van der Waals surface area contributed by atoms with Gasteiger partial charge in [-0.05, 0) is 36.6 Å². The Morgan fingerprint density at radius 2 is 2.40 bits per heavy atom. The summed E-state index contributed by atoms with van der Waals surface area (Å²) < 4.78 is 0. The highest BCUT2D eigenvalue weighted by atomic mass is 79.9. The highest BCUT2D eigenvalue weighted by Gasteiger charge is 2.13. The molecule has 2 aromatic rings. The molecule has 0 bridgehead atoms. The highest BCUT2D eigenvalue weighted by molar-refractivity contribution is 9.09. The SMILES string of the molecule is C=Cc1[nH]c2cnc(C3=CC(Br)CC=N3)cc2c1CC. The van der Waals surface area contributed by atoms with Gasteiger partial charge in [0.15, 0.2) is 0 Å². The molecule has 0 saturated carbocycles. The third-order valence-corrected chi connectivity index (χ3v) is 4.18. The maximum Gasteiger partial charge on any atom is 0.0890 e. The maximum absolute atomic E-state index is 4.52. The van der Waals surface area contributed by atoms with Crippen LogP contribution in [0.25, 0.3) is 22.7 Å². The number of hydrogen-bond acceptors (Lipinski definition) is 2. The number of nitrogens with zero attached hydrogens (tertiary/aromatic N) is 2. The van der Waals surface area contributed by atoms with E-state index in [0.29, 0.717) is 4.83 Å². The number of aliphatic imine (C=N–C) groups is 1. The van der Waals surface area contributed by atoms with Crippen molar-refractivity contribution in [1.82, 2.24) is 9.97 Å². The van der Waals surface area contributed by atoms with Crippen LogP contribution in [0.3, 0.4) is 0 Å². The van der Waals surface area contributed by atoms with E-state index in [1.54, 1.807) is 0 Å². The van der Waals surface area contributed by atoms with E-state index in [4.69, 9.17) is 0 Å². The van der Waals surface area contributed by atoms with E-state index in [1.807, 2.05) is 18.5 Å². The summed E-state index contributed by atoms with van der Waals surface area (Å²) in [6.45, 7) is 6.02. The van der Waals surface area contributed by atoms with Crippen molar-refractivity contribution < 1.29 is 0 Å². The number of allylic oxidation sites excluding steroid dienone is 1. The fraction of sp³-hybridized carbons (Fsp3) is 0.250. The second-order valence-corrected chi connectivity index (χ2v) is 5.98. The van der Waals surface area contributed by atoms with Crippen molar-refractivity contribution in [3.63, 3.8) is 0 Å². The average Bonchev–Trinajstić information content (AvgIpc) is 2.83. The Balaban J connectivity index is 2.15. The van der Waals surface area contributed by atoms with Crippen LogP contribution in [0.1, 0.15) is 30.3 Å². The first-order valence-corrected chi connectivity index (χ1v) is 7.66. The van der Waals surface area contributed by atoms with Gasteiger partial charge in [0.25, 0.3) is 0 Å². The first kappa shape index (κ1) is 13.3. The number of pyridine rings is 1. The van der Waals surface area contributed by atoms with Gasteiger partial charge in [0.1, 0.15) is 0 Å². The molecule has 0 aromatic carbocycles. The number of aryl methyl sites for hydroxylation is 1. The molecule has 0 aliphatic carbocycles. The van der Waals surface area contributed by atoms with Crippen LogP contribution in [0, 0.1) is 0 Å². The fourth-order valence-corrected chi connectivity index (χ4v) is 2.97. The van der Waals surface area contributed by atoms with E-state index in [2.05, 4.69) is 56.5 Å². The van der Waals surface area contributed by atoms with Crippen LogP contribution in [0.4, 0.5) is 0 Å². The van der Waals surface area contributed by atoms with E-state index in [1.165, 1.54) is 10.9 Å². The summed E-state index contributed by atoms with van der Waals surface area (Å²) in [6, 6.07) is 2.12. The second kappa shape index (κ2) is 5.37. The Bertz CT molecular complexity index is 725. The lowest BCUT2D eigenvalue weighted by Gasteiger charge is -2.10. The predicted molar refractivity (Wildman–Crippen MR) is 89.4 cm³/mol. The lowest BCUT2D eigenvalue weighted by Crippen LogP contribution is -2.01. The average molecular weight is 330 g/mol. The van der Waals surface area contributed by atoms with Crippen LogP contribution in [0.15, 0.2) is 29.9 Å².